The van der Waals surface area contributed by atoms with Crippen molar-refractivity contribution in [1.82, 2.24) is 48.5 Å². The number of carbonyl (C=O) groups excluding carboxylic acids is 4. The molecule has 2 atom stereocenters. The van der Waals surface area contributed by atoms with Crippen LogP contribution in [0.15, 0.2) is 117 Å². The molecule has 6 aromatic heterocycles. The number of hydrogen-bond acceptors (Lipinski definition) is 12. The molecule has 18 nitrogen and oxygen atoms in total. The second kappa shape index (κ2) is 22.0. The molecule has 2 unspecified atom stereocenters. The highest BCUT2D eigenvalue weighted by atomic mass is 19.1. The molecule has 5 N–H and O–H groups in total. The lowest BCUT2D eigenvalue weighted by Crippen LogP contribution is -2.38. The van der Waals surface area contributed by atoms with E-state index in [1.165, 1.54) is 18.2 Å². The molecule has 2 aliphatic rings. The van der Waals surface area contributed by atoms with Crippen molar-refractivity contribution in [3.63, 3.8) is 0 Å². The SMILES string of the molecule is C=CC(=O)N1CCCCC1c1nc(-c2ccc(C(=O)Nc3ccccn3)cc2C)c2c(NCC#CC(=O)N3CCCCC3c3nc(-c4ccc(C(=O)Nc5cc(CCC)ccn5)c(F)c4)c4c(N)nccn34)nccn12. The Hall–Kier alpha value is -9.31. The zero-order valence-electron chi connectivity index (χ0n) is 42.1. The number of rotatable bonds is 13. The van der Waals surface area contributed by atoms with E-state index < -0.39 is 23.7 Å². The highest BCUT2D eigenvalue weighted by Gasteiger charge is 2.34. The molecular weight excluding hydrogens is 964 g/mol. The van der Waals surface area contributed by atoms with Crippen LogP contribution in [0.2, 0.25) is 0 Å². The molecular formula is C57H55FN14O4. The molecule has 19 heteroatoms. The van der Waals surface area contributed by atoms with Crippen LogP contribution in [0.4, 0.5) is 27.7 Å². The average molecular weight is 1020 g/mol. The quantitative estimate of drug-likeness (QED) is 0.0629. The van der Waals surface area contributed by atoms with Crippen molar-refractivity contribution in [2.75, 3.05) is 41.3 Å². The number of fused-ring (bicyclic) bond motifs is 2. The lowest BCUT2D eigenvalue weighted by Gasteiger charge is -2.34. The first-order chi connectivity index (χ1) is 37.0. The van der Waals surface area contributed by atoms with E-state index in [9.17, 15) is 19.2 Å². The summed E-state index contributed by atoms with van der Waals surface area (Å²) in [4.78, 5) is 85.3. The van der Waals surface area contributed by atoms with Gasteiger partial charge in [0.2, 0.25) is 5.91 Å². The Morgan fingerprint density at radius 2 is 1.50 bits per heavy atom. The van der Waals surface area contributed by atoms with Crippen LogP contribution in [-0.2, 0) is 16.0 Å². The van der Waals surface area contributed by atoms with Gasteiger partial charge in [-0.05, 0) is 124 Å². The largest absolute Gasteiger partial charge is 0.382 e. The first-order valence-electron chi connectivity index (χ1n) is 25.4. The number of anilines is 4. The smallest absolute Gasteiger partial charge is 0.299 e. The predicted molar refractivity (Wildman–Crippen MR) is 287 cm³/mol. The second-order valence-corrected chi connectivity index (χ2v) is 18.7. The topological polar surface area (TPSA) is 223 Å². The fourth-order valence-electron chi connectivity index (χ4n) is 10.2. The van der Waals surface area contributed by atoms with Gasteiger partial charge in [0.15, 0.2) is 5.82 Å². The van der Waals surface area contributed by atoms with Crippen molar-refractivity contribution in [2.45, 2.75) is 77.3 Å². The summed E-state index contributed by atoms with van der Waals surface area (Å²) >= 11 is 0. The van der Waals surface area contributed by atoms with Gasteiger partial charge < -0.3 is 31.5 Å². The minimum absolute atomic E-state index is 0.0347. The predicted octanol–water partition coefficient (Wildman–Crippen LogP) is 8.79. The highest BCUT2D eigenvalue weighted by Crippen LogP contribution is 2.39. The summed E-state index contributed by atoms with van der Waals surface area (Å²) in [5, 5.41) is 8.89. The van der Waals surface area contributed by atoms with E-state index in [4.69, 9.17) is 20.7 Å². The molecule has 2 saturated heterocycles. The van der Waals surface area contributed by atoms with Crippen LogP contribution >= 0.6 is 0 Å². The third-order valence-corrected chi connectivity index (χ3v) is 13.8. The Labute approximate surface area is 437 Å². The van der Waals surface area contributed by atoms with Crippen LogP contribution in [0.3, 0.4) is 0 Å². The number of halogens is 1. The van der Waals surface area contributed by atoms with Crippen molar-refractivity contribution in [1.29, 1.82) is 0 Å². The molecule has 0 aliphatic carbocycles. The van der Waals surface area contributed by atoms with Crippen LogP contribution < -0.4 is 21.7 Å². The van der Waals surface area contributed by atoms with Gasteiger partial charge in [-0.3, -0.25) is 28.0 Å². The number of pyridine rings is 2. The summed E-state index contributed by atoms with van der Waals surface area (Å²) in [5.41, 5.74) is 11.7. The van der Waals surface area contributed by atoms with E-state index in [1.54, 1.807) is 87.6 Å². The number of aryl methyl sites for hydroxylation is 2. The number of nitrogens with one attached hydrogen (secondary N) is 3. The number of likely N-dealkylation sites (tertiary alicyclic amines) is 2. The van der Waals surface area contributed by atoms with Crippen molar-refractivity contribution in [3.05, 3.63) is 156 Å². The van der Waals surface area contributed by atoms with E-state index in [2.05, 4.69) is 56.2 Å². The number of aromatic nitrogens is 8. The molecule has 0 saturated carbocycles. The normalized spacial score (nSPS) is 15.5. The van der Waals surface area contributed by atoms with Gasteiger partial charge in [-0.25, -0.2) is 34.3 Å². The van der Waals surface area contributed by atoms with Crippen LogP contribution in [0.1, 0.15) is 107 Å². The van der Waals surface area contributed by atoms with Gasteiger partial charge in [0.25, 0.3) is 17.7 Å². The maximum Gasteiger partial charge on any atom is 0.299 e. The van der Waals surface area contributed by atoms with E-state index >= 15 is 4.39 Å². The summed E-state index contributed by atoms with van der Waals surface area (Å²) in [6.45, 7) is 8.74. The van der Waals surface area contributed by atoms with Gasteiger partial charge in [0, 0.05) is 67.0 Å². The number of benzene rings is 2. The lowest BCUT2D eigenvalue weighted by molar-refractivity contribution is -0.130. The minimum atomic E-state index is -0.761. The number of nitrogens with zero attached hydrogens (tertiary/aromatic N) is 10. The number of carbonyl (C=O) groups is 4. The number of hydrogen-bond donors (Lipinski definition) is 4. The van der Waals surface area contributed by atoms with Gasteiger partial charge in [0.1, 0.15) is 57.3 Å². The van der Waals surface area contributed by atoms with E-state index in [0.717, 1.165) is 55.2 Å². The summed E-state index contributed by atoms with van der Waals surface area (Å²) < 4.78 is 19.6. The fourth-order valence-corrected chi connectivity index (χ4v) is 10.2. The molecule has 0 bridgehead atoms. The number of piperidine rings is 2. The van der Waals surface area contributed by atoms with Gasteiger partial charge in [0.05, 0.1) is 24.2 Å². The highest BCUT2D eigenvalue weighted by molar-refractivity contribution is 6.05. The molecule has 384 valence electrons. The molecule has 8 heterocycles. The van der Waals surface area contributed by atoms with Crippen molar-refractivity contribution < 1.29 is 23.6 Å². The summed E-state index contributed by atoms with van der Waals surface area (Å²) in [5.74, 6) is 6.10. The number of imidazole rings is 2. The summed E-state index contributed by atoms with van der Waals surface area (Å²) in [7, 11) is 0. The zero-order chi connectivity index (χ0) is 52.9. The van der Waals surface area contributed by atoms with E-state index in [-0.39, 0.29) is 35.8 Å². The van der Waals surface area contributed by atoms with E-state index in [1.807, 2.05) is 29.7 Å². The maximum atomic E-state index is 15.9. The first kappa shape index (κ1) is 50.2. The van der Waals surface area contributed by atoms with Gasteiger partial charge in [-0.15, -0.1) is 0 Å². The third kappa shape index (κ3) is 10.2. The molecule has 8 aromatic rings. The first-order valence-corrected chi connectivity index (χ1v) is 25.4. The Balaban J connectivity index is 0.918. The molecule has 76 heavy (non-hydrogen) atoms. The average Bonchev–Trinajstić information content (AvgIpc) is 4.11. The molecule has 2 aliphatic heterocycles. The summed E-state index contributed by atoms with van der Waals surface area (Å²) in [6.07, 6.45) is 17.6. The molecule has 0 spiro atoms. The van der Waals surface area contributed by atoms with Gasteiger partial charge in [-0.1, -0.05) is 44.0 Å². The minimum Gasteiger partial charge on any atom is -0.382 e. The monoisotopic (exact) mass is 1020 g/mol. The molecule has 4 amide bonds. The van der Waals surface area contributed by atoms with Crippen molar-refractivity contribution >= 4 is 57.9 Å². The number of nitrogen functional groups attached to an aromatic ring is 1. The molecule has 0 radical (unpaired) electrons. The van der Waals surface area contributed by atoms with Crippen LogP contribution in [-0.4, -0.2) is 91.8 Å². The maximum absolute atomic E-state index is 15.9. The fraction of sp³-hybridized carbons (Fsp3) is 0.263. The molecule has 2 fully saturated rings. The van der Waals surface area contributed by atoms with Crippen molar-refractivity contribution in [3.8, 4) is 34.4 Å². The van der Waals surface area contributed by atoms with Crippen LogP contribution in [0, 0.1) is 24.6 Å². The number of amides is 4. The Bertz CT molecular complexity index is 3620. The van der Waals surface area contributed by atoms with Crippen LogP contribution in [0.5, 0.6) is 0 Å². The lowest BCUT2D eigenvalue weighted by atomic mass is 10.0. The third-order valence-electron chi connectivity index (χ3n) is 13.8. The van der Waals surface area contributed by atoms with Crippen molar-refractivity contribution in [2.24, 2.45) is 0 Å². The number of nitrogens with two attached hydrogens (primary N) is 1. The second-order valence-electron chi connectivity index (χ2n) is 18.7. The molecule has 2 aromatic carbocycles. The molecule has 10 rings (SSSR count). The standard InChI is InChI=1S/C57H55FN14O4/c1-4-13-36-22-25-61-45(33-36)66-57(76)40-21-18-37(34-41(40)58)48-50-52(59)62-26-30-71(50)54(67-48)43-15-8-11-29-70(43)47(74)17-12-24-63-53-51-49(39-20-19-38(32-35(39)3)56(75)65-44-16-6-9-23-60-44)68-55(72(51)31-27-64-53)42-14-7-10-28-69(42)46(73)5-2/h5-6,9,16,18-23,25-27,30-34,42-43H,2,4,7-8,10-11,13-15,24,28-29H2,1,3H3,(H2,59,62)(H,63,64)(H,60,65,75)(H,61,66,76). The Morgan fingerprint density at radius 3 is 2.24 bits per heavy atom. The Kier molecular flexibility index (Phi) is 14.6. The summed E-state index contributed by atoms with van der Waals surface area (Å²) in [6, 6.07) is 17.7. The van der Waals surface area contributed by atoms with Crippen LogP contribution in [0.25, 0.3) is 33.5 Å². The zero-order valence-corrected chi connectivity index (χ0v) is 42.1. The van der Waals surface area contributed by atoms with Gasteiger partial charge >= 0.3 is 0 Å². The van der Waals surface area contributed by atoms with E-state index in [0.29, 0.717) is 88.6 Å². The van der Waals surface area contributed by atoms with Gasteiger partial charge in [-0.2, -0.15) is 0 Å². The Morgan fingerprint density at radius 1 is 0.776 bits per heavy atom.